The minimum Gasteiger partial charge on any atom is -0.457 e. The molecule has 6 aromatic rings. The van der Waals surface area contributed by atoms with Crippen LogP contribution in [-0.4, -0.2) is 35.7 Å². The van der Waals surface area contributed by atoms with Gasteiger partial charge in [-0.15, -0.1) is 0 Å². The topological polar surface area (TPSA) is 113 Å². The zero-order valence-corrected chi connectivity index (χ0v) is 21.6. The van der Waals surface area contributed by atoms with Gasteiger partial charge >= 0.3 is 0 Å². The number of benzene rings is 4. The van der Waals surface area contributed by atoms with E-state index in [9.17, 15) is 0 Å². The molecule has 0 atom stereocenters. The van der Waals surface area contributed by atoms with Crippen molar-refractivity contribution < 1.29 is 4.74 Å². The van der Waals surface area contributed by atoms with E-state index in [0.717, 1.165) is 66.9 Å². The summed E-state index contributed by atoms with van der Waals surface area (Å²) in [5, 5.41) is 24.0. The van der Waals surface area contributed by atoms with Gasteiger partial charge in [-0.2, -0.15) is 0 Å². The van der Waals surface area contributed by atoms with Crippen molar-refractivity contribution in [2.75, 3.05) is 14.1 Å². The number of aromatic nitrogens is 2. The van der Waals surface area contributed by atoms with Crippen LogP contribution >= 0.6 is 0 Å². The van der Waals surface area contributed by atoms with Crippen molar-refractivity contribution in [1.82, 2.24) is 20.6 Å². The molecule has 0 bridgehead atoms. The van der Waals surface area contributed by atoms with E-state index < -0.39 is 0 Å². The van der Waals surface area contributed by atoms with Crippen LogP contribution in [0.15, 0.2) is 97.1 Å². The molecule has 0 saturated heterocycles. The van der Waals surface area contributed by atoms with E-state index in [0.29, 0.717) is 11.7 Å². The lowest BCUT2D eigenvalue weighted by molar-refractivity contribution is 0.483. The molecule has 0 aliphatic heterocycles. The average Bonchev–Trinajstić information content (AvgIpc) is 3.60. The normalized spacial score (nSPS) is 11.0. The van der Waals surface area contributed by atoms with Crippen molar-refractivity contribution in [3.63, 3.8) is 0 Å². The van der Waals surface area contributed by atoms with Crippen molar-refractivity contribution >= 4 is 33.5 Å². The Hall–Kier alpha value is -5.30. The van der Waals surface area contributed by atoms with E-state index in [1.165, 1.54) is 0 Å². The van der Waals surface area contributed by atoms with Crippen LogP contribution in [0, 0.1) is 10.8 Å². The Morgan fingerprint density at radius 1 is 0.564 bits per heavy atom. The van der Waals surface area contributed by atoms with E-state index in [1.54, 1.807) is 14.1 Å². The first-order valence-electron chi connectivity index (χ1n) is 12.7. The van der Waals surface area contributed by atoms with E-state index in [-0.39, 0.29) is 0 Å². The molecule has 192 valence electrons. The highest BCUT2D eigenvalue weighted by molar-refractivity contribution is 6.01. The fourth-order valence-corrected chi connectivity index (χ4v) is 4.71. The Bertz CT molecular complexity index is 1690. The first kappa shape index (κ1) is 24.1. The Morgan fingerprint density at radius 2 is 0.974 bits per heavy atom. The summed E-state index contributed by atoms with van der Waals surface area (Å²) >= 11 is 0. The number of H-pyrrole nitrogens is 2. The van der Waals surface area contributed by atoms with Crippen molar-refractivity contribution in [2.45, 2.75) is 0 Å². The molecule has 4 aromatic carbocycles. The maximum absolute atomic E-state index is 8.00. The van der Waals surface area contributed by atoms with Gasteiger partial charge < -0.3 is 25.3 Å². The molecule has 6 rings (SSSR count). The van der Waals surface area contributed by atoms with Crippen LogP contribution < -0.4 is 15.4 Å². The smallest absolute Gasteiger partial charge is 0.127 e. The van der Waals surface area contributed by atoms with Gasteiger partial charge in [0.15, 0.2) is 0 Å². The molecule has 0 saturated carbocycles. The highest BCUT2D eigenvalue weighted by atomic mass is 16.5. The third-order valence-corrected chi connectivity index (χ3v) is 6.89. The second-order valence-corrected chi connectivity index (χ2v) is 9.37. The molecule has 39 heavy (non-hydrogen) atoms. The third-order valence-electron chi connectivity index (χ3n) is 6.89. The molecule has 0 fully saturated rings. The van der Waals surface area contributed by atoms with Crippen LogP contribution in [0.1, 0.15) is 11.1 Å². The molecule has 0 aliphatic carbocycles. The zero-order chi connectivity index (χ0) is 26.9. The SMILES string of the molecule is CNC(=N)c1ccc2cc(-c3ccc(Oc4ccc(-c5cc6ccc(C(=N)NC)cc6[nH]5)cc4)cc3)[nH]c2c1. The van der Waals surface area contributed by atoms with Crippen LogP contribution in [0.5, 0.6) is 11.5 Å². The van der Waals surface area contributed by atoms with Crippen molar-refractivity contribution in [3.8, 4) is 34.0 Å². The summed E-state index contributed by atoms with van der Waals surface area (Å²) in [4.78, 5) is 6.92. The molecule has 0 spiro atoms. The van der Waals surface area contributed by atoms with Crippen LogP contribution in [0.4, 0.5) is 0 Å². The first-order valence-corrected chi connectivity index (χ1v) is 12.7. The molecular formula is C32H28N6O. The highest BCUT2D eigenvalue weighted by Crippen LogP contribution is 2.30. The number of amidine groups is 2. The predicted molar refractivity (Wildman–Crippen MR) is 159 cm³/mol. The van der Waals surface area contributed by atoms with Crippen LogP contribution in [-0.2, 0) is 0 Å². The summed E-state index contributed by atoms with van der Waals surface area (Å²) in [6, 6.07) is 32.2. The van der Waals surface area contributed by atoms with Gasteiger partial charge in [0, 0.05) is 58.4 Å². The van der Waals surface area contributed by atoms with Crippen LogP contribution in [0.25, 0.3) is 44.3 Å². The van der Waals surface area contributed by atoms with Crippen LogP contribution in [0.2, 0.25) is 0 Å². The Balaban J connectivity index is 1.16. The monoisotopic (exact) mass is 512 g/mol. The largest absolute Gasteiger partial charge is 0.457 e. The number of fused-ring (bicyclic) bond motifs is 2. The van der Waals surface area contributed by atoms with Crippen molar-refractivity contribution in [2.24, 2.45) is 0 Å². The maximum atomic E-state index is 8.00. The second-order valence-electron chi connectivity index (χ2n) is 9.37. The number of hydrogen-bond donors (Lipinski definition) is 6. The minimum absolute atomic E-state index is 0.393. The van der Waals surface area contributed by atoms with Crippen molar-refractivity contribution in [1.29, 1.82) is 10.8 Å². The van der Waals surface area contributed by atoms with Gasteiger partial charge in [0.2, 0.25) is 0 Å². The number of hydrogen-bond acceptors (Lipinski definition) is 3. The molecule has 2 aromatic heterocycles. The molecule has 0 radical (unpaired) electrons. The summed E-state index contributed by atoms with van der Waals surface area (Å²) < 4.78 is 6.11. The molecule has 7 heteroatoms. The summed E-state index contributed by atoms with van der Waals surface area (Å²) in [5.41, 5.74) is 7.84. The standard InChI is InChI=1S/C32H28N6O/c1-35-31(33)23-5-3-21-15-27(37-29(21)17-23)19-7-11-25(12-8-19)39-26-13-9-20(10-14-26)28-16-22-4-6-24(32(34)36-2)18-30(22)38-28/h3-18,37-38H,1-2H3,(H2,33,35)(H2,34,36). The van der Waals surface area contributed by atoms with Gasteiger partial charge in [-0.3, -0.25) is 10.8 Å². The molecule has 6 N–H and O–H groups in total. The molecular weight excluding hydrogens is 484 g/mol. The fourth-order valence-electron chi connectivity index (χ4n) is 4.71. The maximum Gasteiger partial charge on any atom is 0.127 e. The number of nitrogens with one attached hydrogen (secondary N) is 6. The second kappa shape index (κ2) is 9.87. The lowest BCUT2D eigenvalue weighted by Crippen LogP contribution is -2.17. The Labute approximate surface area is 225 Å². The molecule has 0 aliphatic rings. The lowest BCUT2D eigenvalue weighted by Gasteiger charge is -2.07. The first-order chi connectivity index (χ1) is 19.0. The van der Waals surface area contributed by atoms with E-state index >= 15 is 0 Å². The summed E-state index contributed by atoms with van der Waals surface area (Å²) in [7, 11) is 3.51. The molecule has 7 nitrogen and oxygen atoms in total. The van der Waals surface area contributed by atoms with Gasteiger partial charge in [-0.05, 0) is 83.9 Å². The highest BCUT2D eigenvalue weighted by Gasteiger charge is 2.09. The van der Waals surface area contributed by atoms with E-state index in [1.807, 2.05) is 84.9 Å². The van der Waals surface area contributed by atoms with Gasteiger partial charge in [-0.25, -0.2) is 0 Å². The lowest BCUT2D eigenvalue weighted by atomic mass is 10.1. The van der Waals surface area contributed by atoms with Gasteiger partial charge in [0.05, 0.1) is 0 Å². The van der Waals surface area contributed by atoms with Gasteiger partial charge in [0.25, 0.3) is 0 Å². The number of rotatable bonds is 6. The summed E-state index contributed by atoms with van der Waals surface area (Å²) in [6.07, 6.45) is 0. The predicted octanol–water partition coefficient (Wildman–Crippen LogP) is 6.87. The number of aromatic amines is 2. The summed E-state index contributed by atoms with van der Waals surface area (Å²) in [5.74, 6) is 2.31. The van der Waals surface area contributed by atoms with E-state index in [2.05, 4.69) is 32.7 Å². The third kappa shape index (κ3) is 4.73. The van der Waals surface area contributed by atoms with Crippen molar-refractivity contribution in [3.05, 3.63) is 108 Å². The van der Waals surface area contributed by atoms with Gasteiger partial charge in [-0.1, -0.05) is 24.3 Å². The van der Waals surface area contributed by atoms with E-state index in [4.69, 9.17) is 15.6 Å². The molecule has 0 unspecified atom stereocenters. The summed E-state index contributed by atoms with van der Waals surface area (Å²) in [6.45, 7) is 0. The van der Waals surface area contributed by atoms with Gasteiger partial charge in [0.1, 0.15) is 23.2 Å². The minimum atomic E-state index is 0.393. The quantitative estimate of drug-likeness (QED) is 0.108. The molecule has 2 heterocycles. The average molecular weight is 513 g/mol. The Kier molecular flexibility index (Phi) is 6.09. The molecule has 0 amide bonds. The Morgan fingerprint density at radius 3 is 1.36 bits per heavy atom. The van der Waals surface area contributed by atoms with Crippen LogP contribution in [0.3, 0.4) is 0 Å². The number of ether oxygens (including phenoxy) is 1. The fraction of sp³-hybridized carbons (Fsp3) is 0.0625. The zero-order valence-electron chi connectivity index (χ0n) is 21.6.